The molecule has 0 saturated carbocycles. The van der Waals surface area contributed by atoms with E-state index >= 15 is 0 Å². The van der Waals surface area contributed by atoms with E-state index in [0.29, 0.717) is 47.6 Å². The number of carbonyl (C=O) groups excluding carboxylic acids is 1. The van der Waals surface area contributed by atoms with Crippen LogP contribution in [0.2, 0.25) is 0 Å². The number of aromatic nitrogens is 1. The van der Waals surface area contributed by atoms with E-state index in [9.17, 15) is 9.00 Å². The number of oxazole rings is 1. The maximum absolute atomic E-state index is 12.2. The van der Waals surface area contributed by atoms with Gasteiger partial charge in [-0.15, -0.1) is 0 Å². The lowest BCUT2D eigenvalue weighted by molar-refractivity contribution is -0.118. The molecule has 8 nitrogen and oxygen atoms in total. The van der Waals surface area contributed by atoms with Crippen molar-refractivity contribution in [2.24, 2.45) is 0 Å². The van der Waals surface area contributed by atoms with Crippen molar-refractivity contribution >= 4 is 16.7 Å². The van der Waals surface area contributed by atoms with Crippen LogP contribution in [-0.4, -0.2) is 55.3 Å². The van der Waals surface area contributed by atoms with Gasteiger partial charge < -0.3 is 23.9 Å². The Labute approximate surface area is 160 Å². The van der Waals surface area contributed by atoms with Gasteiger partial charge in [0.15, 0.2) is 11.5 Å². The Morgan fingerprint density at radius 1 is 1.22 bits per heavy atom. The molecule has 1 amide bonds. The molecule has 2 aromatic rings. The molecule has 0 aliphatic heterocycles. The SMILES string of the molecule is COCCNC(=O)C[S@@](=O)Cc1nc(-c2ccc(OC)c(OC)c2)oc1C. The highest BCUT2D eigenvalue weighted by Gasteiger charge is 2.17. The summed E-state index contributed by atoms with van der Waals surface area (Å²) in [6.07, 6.45) is 0. The van der Waals surface area contributed by atoms with Gasteiger partial charge in [-0.25, -0.2) is 4.98 Å². The molecule has 1 aromatic carbocycles. The van der Waals surface area contributed by atoms with Crippen LogP contribution in [0.3, 0.4) is 0 Å². The second kappa shape index (κ2) is 10.1. The normalized spacial score (nSPS) is 11.9. The van der Waals surface area contributed by atoms with Gasteiger partial charge in [0.05, 0.1) is 32.3 Å². The summed E-state index contributed by atoms with van der Waals surface area (Å²) < 4.78 is 33.3. The van der Waals surface area contributed by atoms with Gasteiger partial charge in [-0.1, -0.05) is 0 Å². The molecule has 0 unspecified atom stereocenters. The number of nitrogens with zero attached hydrogens (tertiary/aromatic N) is 1. The fourth-order valence-corrected chi connectivity index (χ4v) is 3.42. The van der Waals surface area contributed by atoms with E-state index in [1.165, 1.54) is 0 Å². The Morgan fingerprint density at radius 2 is 1.96 bits per heavy atom. The number of hydrogen-bond acceptors (Lipinski definition) is 7. The summed E-state index contributed by atoms with van der Waals surface area (Å²) in [4.78, 5) is 16.2. The second-order valence-electron chi connectivity index (χ2n) is 5.66. The highest BCUT2D eigenvalue weighted by atomic mass is 32.2. The van der Waals surface area contributed by atoms with Crippen molar-refractivity contribution in [3.05, 3.63) is 29.7 Å². The minimum Gasteiger partial charge on any atom is -0.493 e. The summed E-state index contributed by atoms with van der Waals surface area (Å²) >= 11 is 0. The maximum Gasteiger partial charge on any atom is 0.232 e. The standard InChI is InChI=1S/C18H24N2O6S/c1-12-14(10-27(22)11-17(21)19-7-8-23-2)20-18(26-12)13-5-6-15(24-3)16(9-13)25-4/h5-6,9H,7-8,10-11H2,1-4H3,(H,19,21)/t27-/m0/s1. The molecule has 0 aliphatic rings. The fourth-order valence-electron chi connectivity index (χ4n) is 2.35. The Kier molecular flexibility index (Phi) is 7.81. The molecular formula is C18H24N2O6S. The van der Waals surface area contributed by atoms with Crippen molar-refractivity contribution in [3.63, 3.8) is 0 Å². The summed E-state index contributed by atoms with van der Waals surface area (Å²) in [5.74, 6) is 1.88. The monoisotopic (exact) mass is 396 g/mol. The highest BCUT2D eigenvalue weighted by molar-refractivity contribution is 7.84. The molecule has 148 valence electrons. The Morgan fingerprint density at radius 3 is 2.63 bits per heavy atom. The first-order chi connectivity index (χ1) is 13.0. The zero-order chi connectivity index (χ0) is 19.8. The molecule has 1 N–H and O–H groups in total. The minimum atomic E-state index is -1.39. The minimum absolute atomic E-state index is 0.0955. The first-order valence-corrected chi connectivity index (χ1v) is 9.76. The van der Waals surface area contributed by atoms with Crippen LogP contribution >= 0.6 is 0 Å². The largest absolute Gasteiger partial charge is 0.493 e. The molecule has 2 rings (SSSR count). The fraction of sp³-hybridized carbons (Fsp3) is 0.444. The molecule has 0 saturated heterocycles. The van der Waals surface area contributed by atoms with Gasteiger partial charge in [-0.3, -0.25) is 9.00 Å². The number of benzene rings is 1. The number of hydrogen-bond donors (Lipinski definition) is 1. The lowest BCUT2D eigenvalue weighted by atomic mass is 10.2. The average Bonchev–Trinajstić information content (AvgIpc) is 3.01. The van der Waals surface area contributed by atoms with Gasteiger partial charge in [-0.2, -0.15) is 0 Å². The Bertz CT molecular complexity index is 805. The van der Waals surface area contributed by atoms with Crippen LogP contribution in [-0.2, 0) is 26.1 Å². The quantitative estimate of drug-likeness (QED) is 0.610. The number of amides is 1. The number of ether oxygens (including phenoxy) is 3. The third-order valence-corrected chi connectivity index (χ3v) is 4.92. The van der Waals surface area contributed by atoms with Crippen molar-refractivity contribution < 1.29 is 27.6 Å². The van der Waals surface area contributed by atoms with E-state index in [2.05, 4.69) is 10.3 Å². The van der Waals surface area contributed by atoms with Crippen LogP contribution in [0.1, 0.15) is 11.5 Å². The van der Waals surface area contributed by atoms with Gasteiger partial charge in [0.25, 0.3) is 0 Å². The molecule has 0 spiro atoms. The first kappa shape index (κ1) is 20.9. The van der Waals surface area contributed by atoms with Gasteiger partial charge in [0.2, 0.25) is 11.8 Å². The van der Waals surface area contributed by atoms with Gasteiger partial charge >= 0.3 is 0 Å². The van der Waals surface area contributed by atoms with Gasteiger partial charge in [-0.05, 0) is 25.1 Å². The zero-order valence-electron chi connectivity index (χ0n) is 15.9. The van der Waals surface area contributed by atoms with Crippen LogP contribution in [0.25, 0.3) is 11.5 Å². The lowest BCUT2D eigenvalue weighted by Gasteiger charge is -2.07. The van der Waals surface area contributed by atoms with E-state index in [0.717, 1.165) is 0 Å². The van der Waals surface area contributed by atoms with Crippen molar-refractivity contribution in [1.29, 1.82) is 0 Å². The maximum atomic E-state index is 12.2. The topological polar surface area (TPSA) is 99.9 Å². The number of rotatable bonds is 10. The first-order valence-electron chi connectivity index (χ1n) is 8.27. The van der Waals surface area contributed by atoms with E-state index in [1.54, 1.807) is 46.5 Å². The van der Waals surface area contributed by atoms with Crippen LogP contribution in [0.4, 0.5) is 0 Å². The number of nitrogens with one attached hydrogen (secondary N) is 1. The average molecular weight is 396 g/mol. The number of carbonyl (C=O) groups is 1. The second-order valence-corrected chi connectivity index (χ2v) is 7.12. The predicted octanol–water partition coefficient (Wildman–Crippen LogP) is 1.68. The molecule has 9 heteroatoms. The predicted molar refractivity (Wildman–Crippen MR) is 101 cm³/mol. The summed E-state index contributed by atoms with van der Waals surface area (Å²) in [5.41, 5.74) is 1.27. The third kappa shape index (κ3) is 5.80. The van der Waals surface area contributed by atoms with Gasteiger partial charge in [0.1, 0.15) is 11.5 Å². The van der Waals surface area contributed by atoms with Crippen molar-refractivity contribution in [1.82, 2.24) is 10.3 Å². The van der Waals surface area contributed by atoms with Crippen LogP contribution in [0.15, 0.2) is 22.6 Å². The van der Waals surface area contributed by atoms with Crippen molar-refractivity contribution in [2.45, 2.75) is 12.7 Å². The molecule has 1 heterocycles. The number of methoxy groups -OCH3 is 3. The van der Waals surface area contributed by atoms with Crippen LogP contribution in [0, 0.1) is 6.92 Å². The van der Waals surface area contributed by atoms with Crippen molar-refractivity contribution in [3.8, 4) is 23.0 Å². The third-order valence-electron chi connectivity index (χ3n) is 3.74. The van der Waals surface area contributed by atoms with E-state index in [1.807, 2.05) is 0 Å². The smallest absolute Gasteiger partial charge is 0.232 e. The van der Waals surface area contributed by atoms with Crippen molar-refractivity contribution in [2.75, 3.05) is 40.2 Å². The summed E-state index contributed by atoms with van der Waals surface area (Å²) in [6.45, 7) is 2.55. The Hall–Kier alpha value is -2.39. The van der Waals surface area contributed by atoms with E-state index < -0.39 is 10.8 Å². The molecule has 1 aromatic heterocycles. The molecular weight excluding hydrogens is 372 g/mol. The van der Waals surface area contributed by atoms with E-state index in [-0.39, 0.29) is 17.4 Å². The van der Waals surface area contributed by atoms with Crippen LogP contribution in [0.5, 0.6) is 11.5 Å². The zero-order valence-corrected chi connectivity index (χ0v) is 16.7. The number of aryl methyl sites for hydroxylation is 1. The molecule has 0 radical (unpaired) electrons. The lowest BCUT2D eigenvalue weighted by Crippen LogP contribution is -2.31. The Balaban J connectivity index is 2.06. The molecule has 0 aliphatic carbocycles. The summed E-state index contributed by atoms with van der Waals surface area (Å²) in [5, 5.41) is 2.64. The summed E-state index contributed by atoms with van der Waals surface area (Å²) in [7, 11) is 3.27. The molecule has 1 atom stereocenters. The van der Waals surface area contributed by atoms with E-state index in [4.69, 9.17) is 18.6 Å². The summed E-state index contributed by atoms with van der Waals surface area (Å²) in [6, 6.07) is 5.32. The molecule has 0 fully saturated rings. The van der Waals surface area contributed by atoms with Crippen LogP contribution < -0.4 is 14.8 Å². The van der Waals surface area contributed by atoms with Gasteiger partial charge in [0, 0.05) is 30.0 Å². The molecule has 27 heavy (non-hydrogen) atoms. The highest BCUT2D eigenvalue weighted by Crippen LogP contribution is 2.32. The molecule has 0 bridgehead atoms.